The van der Waals surface area contributed by atoms with E-state index in [-0.39, 0.29) is 5.78 Å². The lowest BCUT2D eigenvalue weighted by Crippen LogP contribution is -2.01. The summed E-state index contributed by atoms with van der Waals surface area (Å²) < 4.78 is 10.4. The van der Waals surface area contributed by atoms with Crippen LogP contribution in [0, 0.1) is 6.92 Å². The summed E-state index contributed by atoms with van der Waals surface area (Å²) in [5.41, 5.74) is 2.21. The van der Waals surface area contributed by atoms with Gasteiger partial charge in [0.2, 0.25) is 0 Å². The Bertz CT molecular complexity index is 741. The third-order valence-corrected chi connectivity index (χ3v) is 3.82. The molecule has 23 heavy (non-hydrogen) atoms. The van der Waals surface area contributed by atoms with Crippen LogP contribution in [0.2, 0.25) is 5.02 Å². The molecule has 0 aromatic heterocycles. The average Bonchev–Trinajstić information content (AvgIpc) is 2.57. The fourth-order valence-electron chi connectivity index (χ4n) is 2.07. The molecule has 0 aliphatic heterocycles. The van der Waals surface area contributed by atoms with Gasteiger partial charge in [-0.2, -0.15) is 0 Å². The molecule has 0 aliphatic rings. The molecule has 0 atom stereocenters. The summed E-state index contributed by atoms with van der Waals surface area (Å²) in [6, 6.07) is 10.6. The van der Waals surface area contributed by atoms with Crippen molar-refractivity contribution in [1.29, 1.82) is 0 Å². The molecule has 0 heterocycles. The minimum atomic E-state index is -0.187. The smallest absolute Gasteiger partial charge is 0.191 e. The second-order valence-electron chi connectivity index (χ2n) is 4.82. The molecule has 0 saturated heterocycles. The molecule has 0 spiro atoms. The molecule has 0 fully saturated rings. The summed E-state index contributed by atoms with van der Waals surface area (Å²) in [5, 5.41) is 3.73. The number of carbonyl (C=O) groups excluding carboxylic acids is 1. The maximum absolute atomic E-state index is 12.3. The van der Waals surface area contributed by atoms with Crippen molar-refractivity contribution >= 4 is 23.1 Å². The molecular formula is C18H18ClNO3. The molecule has 2 rings (SSSR count). The summed E-state index contributed by atoms with van der Waals surface area (Å²) in [6.45, 7) is 1.91. The standard InChI is InChI=1S/C18H18ClNO3/c1-12-15(19)5-4-6-16(12)20-10-9-17(21)14-11-13(22-2)7-8-18(14)23-3/h4-11,20H,1-3H3/b10-9+. The Morgan fingerprint density at radius 3 is 2.65 bits per heavy atom. The maximum Gasteiger partial charge on any atom is 0.191 e. The van der Waals surface area contributed by atoms with Gasteiger partial charge in [0, 0.05) is 23.0 Å². The van der Waals surface area contributed by atoms with Crippen LogP contribution in [0.4, 0.5) is 5.69 Å². The van der Waals surface area contributed by atoms with Crippen molar-refractivity contribution in [3.8, 4) is 11.5 Å². The third kappa shape index (κ3) is 4.05. The van der Waals surface area contributed by atoms with Gasteiger partial charge in [0.05, 0.1) is 19.8 Å². The quantitative estimate of drug-likeness (QED) is 0.626. The van der Waals surface area contributed by atoms with Crippen LogP contribution in [0.3, 0.4) is 0 Å². The summed E-state index contributed by atoms with van der Waals surface area (Å²) in [4.78, 5) is 12.3. The summed E-state index contributed by atoms with van der Waals surface area (Å²) in [6.07, 6.45) is 3.03. The van der Waals surface area contributed by atoms with Gasteiger partial charge in [-0.15, -0.1) is 0 Å². The number of ketones is 1. The van der Waals surface area contributed by atoms with Crippen LogP contribution in [-0.4, -0.2) is 20.0 Å². The van der Waals surface area contributed by atoms with E-state index in [2.05, 4.69) is 5.32 Å². The summed E-state index contributed by atoms with van der Waals surface area (Å²) >= 11 is 6.06. The van der Waals surface area contributed by atoms with Crippen molar-refractivity contribution in [3.05, 3.63) is 64.8 Å². The average molecular weight is 332 g/mol. The number of methoxy groups -OCH3 is 2. The molecule has 0 saturated carbocycles. The second-order valence-corrected chi connectivity index (χ2v) is 5.23. The highest BCUT2D eigenvalue weighted by Gasteiger charge is 2.11. The first kappa shape index (κ1) is 16.9. The van der Waals surface area contributed by atoms with Crippen molar-refractivity contribution in [1.82, 2.24) is 0 Å². The first-order valence-electron chi connectivity index (χ1n) is 7.01. The van der Waals surface area contributed by atoms with Crippen LogP contribution in [0.1, 0.15) is 15.9 Å². The Kier molecular flexibility index (Phi) is 5.66. The lowest BCUT2D eigenvalue weighted by molar-refractivity contribution is 0.104. The molecule has 0 amide bonds. The summed E-state index contributed by atoms with van der Waals surface area (Å²) in [5.74, 6) is 0.911. The lowest BCUT2D eigenvalue weighted by Gasteiger charge is -2.08. The SMILES string of the molecule is COc1ccc(OC)c(C(=O)/C=C/Nc2cccc(Cl)c2C)c1. The highest BCUT2D eigenvalue weighted by Crippen LogP contribution is 2.25. The number of carbonyl (C=O) groups is 1. The highest BCUT2D eigenvalue weighted by molar-refractivity contribution is 6.31. The van der Waals surface area contributed by atoms with Gasteiger partial charge in [0.15, 0.2) is 5.78 Å². The molecule has 0 radical (unpaired) electrons. The zero-order chi connectivity index (χ0) is 16.8. The van der Waals surface area contributed by atoms with Crippen molar-refractivity contribution in [3.63, 3.8) is 0 Å². The van der Waals surface area contributed by atoms with Crippen LogP contribution in [0.5, 0.6) is 11.5 Å². The molecular weight excluding hydrogens is 314 g/mol. The predicted molar refractivity (Wildman–Crippen MR) is 92.8 cm³/mol. The van der Waals surface area contributed by atoms with Crippen molar-refractivity contribution < 1.29 is 14.3 Å². The number of hydrogen-bond acceptors (Lipinski definition) is 4. The van der Waals surface area contributed by atoms with Crippen LogP contribution in [0.25, 0.3) is 0 Å². The van der Waals surface area contributed by atoms with E-state index in [4.69, 9.17) is 21.1 Å². The Morgan fingerprint density at radius 2 is 1.96 bits per heavy atom. The van der Waals surface area contributed by atoms with Gasteiger partial charge in [0.1, 0.15) is 11.5 Å². The molecule has 0 bridgehead atoms. The molecule has 0 aliphatic carbocycles. The van der Waals surface area contributed by atoms with Crippen LogP contribution >= 0.6 is 11.6 Å². The van der Waals surface area contributed by atoms with Crippen molar-refractivity contribution in [2.24, 2.45) is 0 Å². The normalized spacial score (nSPS) is 10.6. The Morgan fingerprint density at radius 1 is 1.17 bits per heavy atom. The topological polar surface area (TPSA) is 47.6 Å². The largest absolute Gasteiger partial charge is 0.497 e. The van der Waals surface area contributed by atoms with Crippen molar-refractivity contribution in [2.45, 2.75) is 6.92 Å². The number of halogens is 1. The van der Waals surface area contributed by atoms with Gasteiger partial charge in [-0.25, -0.2) is 0 Å². The minimum absolute atomic E-state index is 0.187. The zero-order valence-corrected chi connectivity index (χ0v) is 14.0. The van der Waals surface area contributed by atoms with Gasteiger partial charge < -0.3 is 14.8 Å². The molecule has 5 heteroatoms. The van der Waals surface area contributed by atoms with E-state index >= 15 is 0 Å². The van der Waals surface area contributed by atoms with E-state index in [1.807, 2.05) is 25.1 Å². The first-order valence-corrected chi connectivity index (χ1v) is 7.39. The number of anilines is 1. The molecule has 2 aromatic rings. The predicted octanol–water partition coefficient (Wildman–Crippen LogP) is 4.47. The number of rotatable bonds is 6. The van der Waals surface area contributed by atoms with E-state index in [1.165, 1.54) is 13.2 Å². The second kappa shape index (κ2) is 7.70. The zero-order valence-electron chi connectivity index (χ0n) is 13.2. The van der Waals surface area contributed by atoms with Crippen molar-refractivity contribution in [2.75, 3.05) is 19.5 Å². The molecule has 1 N–H and O–H groups in total. The fraction of sp³-hybridized carbons (Fsp3) is 0.167. The van der Waals surface area contributed by atoms with Gasteiger partial charge in [-0.3, -0.25) is 4.79 Å². The van der Waals surface area contributed by atoms with Crippen LogP contribution < -0.4 is 14.8 Å². The number of hydrogen-bond donors (Lipinski definition) is 1. The third-order valence-electron chi connectivity index (χ3n) is 3.41. The van der Waals surface area contributed by atoms with Gasteiger partial charge in [0.25, 0.3) is 0 Å². The number of ether oxygens (including phenoxy) is 2. The van der Waals surface area contributed by atoms with Gasteiger partial charge >= 0.3 is 0 Å². The molecule has 4 nitrogen and oxygen atoms in total. The van der Waals surface area contributed by atoms with Gasteiger partial charge in [-0.05, 0) is 42.8 Å². The maximum atomic E-state index is 12.3. The Labute approximate surface area is 140 Å². The van der Waals surface area contributed by atoms with E-state index in [1.54, 1.807) is 31.5 Å². The first-order chi connectivity index (χ1) is 11.1. The number of allylic oxidation sites excluding steroid dienone is 1. The number of benzene rings is 2. The van der Waals surface area contributed by atoms with E-state index in [9.17, 15) is 4.79 Å². The minimum Gasteiger partial charge on any atom is -0.497 e. The van der Waals surface area contributed by atoms with E-state index < -0.39 is 0 Å². The highest BCUT2D eigenvalue weighted by atomic mass is 35.5. The Balaban J connectivity index is 2.17. The fourth-order valence-corrected chi connectivity index (χ4v) is 2.24. The molecule has 0 unspecified atom stereocenters. The number of nitrogens with one attached hydrogen (secondary N) is 1. The monoisotopic (exact) mass is 331 g/mol. The lowest BCUT2D eigenvalue weighted by atomic mass is 10.1. The summed E-state index contributed by atoms with van der Waals surface area (Å²) in [7, 11) is 3.07. The van der Waals surface area contributed by atoms with E-state index in [0.29, 0.717) is 22.1 Å². The van der Waals surface area contributed by atoms with Crippen LogP contribution in [0.15, 0.2) is 48.7 Å². The van der Waals surface area contributed by atoms with E-state index in [0.717, 1.165) is 11.3 Å². The molecule has 120 valence electrons. The Hall–Kier alpha value is -2.46. The molecule has 2 aromatic carbocycles. The van der Waals surface area contributed by atoms with Crippen LogP contribution in [-0.2, 0) is 0 Å². The van der Waals surface area contributed by atoms with Gasteiger partial charge in [-0.1, -0.05) is 17.7 Å².